The molecule has 0 saturated heterocycles. The molecule has 6 heteroatoms. The number of fused-ring (bicyclic) bond motifs is 6. The monoisotopic (exact) mass is 1130 g/mol. The van der Waals surface area contributed by atoms with Crippen LogP contribution in [0.25, 0.3) is 83.5 Å². The molecule has 11 rings (SSSR count). The van der Waals surface area contributed by atoms with Gasteiger partial charge < -0.3 is 9.55 Å². The molecule has 3 nitrogen and oxygen atoms in total. The van der Waals surface area contributed by atoms with Crippen LogP contribution in [0.1, 0.15) is 45.7 Å². The normalized spacial score (nSPS) is 12.8. The molecular formula is C65H63IrN3Si2-2. The van der Waals surface area contributed by atoms with Crippen molar-refractivity contribution in [2.24, 2.45) is 5.92 Å². The summed E-state index contributed by atoms with van der Waals surface area (Å²) in [5.41, 5.74) is 16.5. The molecule has 357 valence electrons. The van der Waals surface area contributed by atoms with Gasteiger partial charge in [0, 0.05) is 42.8 Å². The Morgan fingerprint density at radius 3 is 1.90 bits per heavy atom. The zero-order chi connectivity index (χ0) is 49.0. The van der Waals surface area contributed by atoms with E-state index >= 15 is 0 Å². The van der Waals surface area contributed by atoms with Crippen molar-refractivity contribution in [3.8, 4) is 61.7 Å². The summed E-state index contributed by atoms with van der Waals surface area (Å²) in [6.45, 7) is 23.6. The fourth-order valence-electron chi connectivity index (χ4n) is 10.5. The molecule has 10 aromatic rings. The standard InChI is InChI=1S/C47H39N2Si.C18H24NSi.Ir/c1-47(2,3)35-29-38(31-16-8-6-9-17-31)45(39(30-35)32-18-10-7-11-19-32)49-41-26-24-33-20-12-13-21-36(33)44(41)48-46(49)34-25-27-43-40(28-34)37-22-14-15-23-42(37)50(43,4)5;1-14(2)11-16-12-17(15-9-7-6-8-10-15)19-13-18(16)20(3,4)5;/h6-24,26-30H,1-5H3;6-9,12-14H,11H2,1-5H3;/q2*-1;. The third-order valence-corrected chi connectivity index (χ3v) is 19.7. The van der Waals surface area contributed by atoms with E-state index in [1.807, 2.05) is 18.2 Å². The first-order chi connectivity index (χ1) is 33.6. The molecule has 0 aliphatic carbocycles. The van der Waals surface area contributed by atoms with Crippen LogP contribution in [0.3, 0.4) is 0 Å². The summed E-state index contributed by atoms with van der Waals surface area (Å²) in [6.07, 6.45) is 3.24. The van der Waals surface area contributed by atoms with Crippen molar-refractivity contribution in [2.75, 3.05) is 0 Å². The van der Waals surface area contributed by atoms with Crippen LogP contribution in [0.4, 0.5) is 0 Å². The molecule has 0 amide bonds. The van der Waals surface area contributed by atoms with Gasteiger partial charge in [0.2, 0.25) is 0 Å². The quantitative estimate of drug-likeness (QED) is 0.112. The number of aromatic nitrogens is 3. The van der Waals surface area contributed by atoms with E-state index in [-0.39, 0.29) is 25.5 Å². The van der Waals surface area contributed by atoms with Gasteiger partial charge in [0.1, 0.15) is 0 Å². The molecule has 0 unspecified atom stereocenters. The Balaban J connectivity index is 0.000000251. The number of rotatable bonds is 8. The van der Waals surface area contributed by atoms with E-state index in [0.717, 1.165) is 51.2 Å². The van der Waals surface area contributed by atoms with E-state index in [0.29, 0.717) is 5.92 Å². The predicted octanol–water partition coefficient (Wildman–Crippen LogP) is 15.4. The Hall–Kier alpha value is -6.28. The average molecular weight is 1130 g/mol. The van der Waals surface area contributed by atoms with Crippen molar-refractivity contribution in [3.63, 3.8) is 0 Å². The second-order valence-electron chi connectivity index (χ2n) is 22.0. The summed E-state index contributed by atoms with van der Waals surface area (Å²) in [6, 6.07) is 70.7. The topological polar surface area (TPSA) is 30.7 Å². The zero-order valence-corrected chi connectivity index (χ0v) is 47.2. The van der Waals surface area contributed by atoms with Crippen LogP contribution >= 0.6 is 0 Å². The molecule has 1 aliphatic rings. The number of nitrogens with zero attached hydrogens (tertiary/aromatic N) is 3. The molecule has 71 heavy (non-hydrogen) atoms. The van der Waals surface area contributed by atoms with Crippen LogP contribution < -0.4 is 15.6 Å². The maximum Gasteiger partial charge on any atom is 0.0852 e. The van der Waals surface area contributed by atoms with Gasteiger partial charge in [0.25, 0.3) is 0 Å². The van der Waals surface area contributed by atoms with Crippen molar-refractivity contribution < 1.29 is 20.1 Å². The second kappa shape index (κ2) is 19.7. The van der Waals surface area contributed by atoms with Crippen molar-refractivity contribution in [3.05, 3.63) is 205 Å². The minimum absolute atomic E-state index is 0. The van der Waals surface area contributed by atoms with Gasteiger partial charge in [-0.2, -0.15) is 0 Å². The molecule has 8 aromatic carbocycles. The molecule has 1 aliphatic heterocycles. The molecule has 0 saturated carbocycles. The Labute approximate surface area is 437 Å². The van der Waals surface area contributed by atoms with Crippen LogP contribution in [-0.4, -0.2) is 30.7 Å². The van der Waals surface area contributed by atoms with Crippen molar-refractivity contribution in [2.45, 2.75) is 79.2 Å². The van der Waals surface area contributed by atoms with E-state index < -0.39 is 16.1 Å². The van der Waals surface area contributed by atoms with E-state index in [1.54, 1.807) is 0 Å². The van der Waals surface area contributed by atoms with Crippen LogP contribution in [0.2, 0.25) is 32.7 Å². The molecule has 0 fully saturated rings. The minimum atomic E-state index is -1.84. The maximum absolute atomic E-state index is 5.59. The zero-order valence-electron chi connectivity index (χ0n) is 42.8. The van der Waals surface area contributed by atoms with Gasteiger partial charge in [-0.15, -0.1) is 64.8 Å². The van der Waals surface area contributed by atoms with Crippen molar-refractivity contribution in [1.82, 2.24) is 14.5 Å². The molecule has 0 atom stereocenters. The molecule has 2 aromatic heterocycles. The fraction of sp³-hybridized carbons (Fsp3) is 0.200. The van der Waals surface area contributed by atoms with Gasteiger partial charge in [0.05, 0.1) is 38.7 Å². The van der Waals surface area contributed by atoms with Crippen LogP contribution in [0.5, 0.6) is 0 Å². The average Bonchev–Trinajstić information content (AvgIpc) is 3.86. The SMILES string of the molecule is CC(C)(C)c1cc(-c2ccccc2)c(-n2c(-c3[c-]cc4c(c3)-c3ccccc3[Si]4(C)C)nc3c4ccccc4ccc32)c(-c2ccccc2)c1.CC(C)Cc1cc(-c2[c-]cccc2)ncc1[Si](C)(C)C.[Ir]. The van der Waals surface area contributed by atoms with Crippen LogP contribution in [0, 0.1) is 18.1 Å². The van der Waals surface area contributed by atoms with Gasteiger partial charge in [0.15, 0.2) is 0 Å². The summed E-state index contributed by atoms with van der Waals surface area (Å²) in [4.78, 5) is 10.3. The van der Waals surface area contributed by atoms with E-state index in [2.05, 4.69) is 253 Å². The molecular weight excluding hydrogens is 1070 g/mol. The molecule has 3 heterocycles. The van der Waals surface area contributed by atoms with Crippen LogP contribution in [-0.2, 0) is 31.9 Å². The Morgan fingerprint density at radius 2 is 1.27 bits per heavy atom. The number of hydrogen-bond acceptors (Lipinski definition) is 2. The van der Waals surface area contributed by atoms with Crippen LogP contribution in [0.15, 0.2) is 182 Å². The van der Waals surface area contributed by atoms with Gasteiger partial charge in [-0.25, -0.2) is 0 Å². The molecule has 1 radical (unpaired) electrons. The molecule has 0 bridgehead atoms. The number of pyridine rings is 1. The summed E-state index contributed by atoms with van der Waals surface area (Å²) >= 11 is 0. The van der Waals surface area contributed by atoms with Gasteiger partial charge in [-0.05, 0) is 74.5 Å². The summed E-state index contributed by atoms with van der Waals surface area (Å²) in [5.74, 6) is 1.57. The first-order valence-corrected chi connectivity index (χ1v) is 31.4. The van der Waals surface area contributed by atoms with E-state index in [1.165, 1.54) is 65.5 Å². The largest absolute Gasteiger partial charge is 0.332 e. The second-order valence-corrected chi connectivity index (χ2v) is 31.4. The van der Waals surface area contributed by atoms with E-state index in [4.69, 9.17) is 4.98 Å². The Morgan fingerprint density at radius 1 is 0.634 bits per heavy atom. The number of benzene rings is 8. The smallest absolute Gasteiger partial charge is 0.0852 e. The predicted molar refractivity (Wildman–Crippen MR) is 305 cm³/mol. The van der Waals surface area contributed by atoms with E-state index in [9.17, 15) is 0 Å². The fourth-order valence-corrected chi connectivity index (χ4v) is 15.0. The minimum Gasteiger partial charge on any atom is -0.332 e. The summed E-state index contributed by atoms with van der Waals surface area (Å²) in [5, 5.41) is 6.77. The van der Waals surface area contributed by atoms with Gasteiger partial charge >= 0.3 is 0 Å². The third-order valence-electron chi connectivity index (χ3n) is 14.1. The molecule has 0 spiro atoms. The van der Waals surface area contributed by atoms with Crippen molar-refractivity contribution >= 4 is 53.5 Å². The summed E-state index contributed by atoms with van der Waals surface area (Å²) < 4.78 is 2.43. The molecule has 0 N–H and O–H groups in total. The number of hydrogen-bond donors (Lipinski definition) is 0. The third kappa shape index (κ3) is 9.64. The Kier molecular flexibility index (Phi) is 13.8. The Bertz CT molecular complexity index is 3470. The first kappa shape index (κ1) is 49.7. The van der Waals surface area contributed by atoms with Crippen molar-refractivity contribution in [1.29, 1.82) is 0 Å². The maximum atomic E-state index is 5.59. The number of imidazole rings is 1. The van der Waals surface area contributed by atoms with Gasteiger partial charge in [-0.3, -0.25) is 4.98 Å². The summed E-state index contributed by atoms with van der Waals surface area (Å²) in [7, 11) is -3.18. The van der Waals surface area contributed by atoms with Gasteiger partial charge in [-0.1, -0.05) is 205 Å². The first-order valence-electron chi connectivity index (χ1n) is 24.9.